The lowest BCUT2D eigenvalue weighted by atomic mass is 9.84. The van der Waals surface area contributed by atoms with Crippen molar-refractivity contribution in [2.75, 3.05) is 12.4 Å². The zero-order valence-electron chi connectivity index (χ0n) is 14.6. The fourth-order valence-electron chi connectivity index (χ4n) is 2.29. The number of hydrogen-bond donors (Lipinski definition) is 1. The Kier molecular flexibility index (Phi) is 5.95. The SMILES string of the molecule is COC(=O)C[C@@H](Nc1nc(Cl)nc(-c2ccccc2)c1F)C(C)(C)C. The van der Waals surface area contributed by atoms with E-state index in [-0.39, 0.29) is 28.6 Å². The minimum atomic E-state index is -0.616. The lowest BCUT2D eigenvalue weighted by Gasteiger charge is -2.31. The molecule has 0 bridgehead atoms. The number of hydrogen-bond acceptors (Lipinski definition) is 5. The monoisotopic (exact) mass is 365 g/mol. The topological polar surface area (TPSA) is 64.1 Å². The maximum absolute atomic E-state index is 14.9. The molecule has 0 aliphatic carbocycles. The van der Waals surface area contributed by atoms with Gasteiger partial charge in [0.05, 0.1) is 13.5 Å². The predicted octanol–water partition coefficient (Wildman–Crippen LogP) is 4.33. The third-order valence-corrected chi connectivity index (χ3v) is 3.99. The number of carbonyl (C=O) groups excluding carboxylic acids is 1. The maximum Gasteiger partial charge on any atom is 0.307 e. The summed E-state index contributed by atoms with van der Waals surface area (Å²) < 4.78 is 19.7. The van der Waals surface area contributed by atoms with E-state index in [4.69, 9.17) is 16.3 Å². The van der Waals surface area contributed by atoms with E-state index in [1.54, 1.807) is 24.3 Å². The van der Waals surface area contributed by atoms with Crippen LogP contribution in [0.4, 0.5) is 10.2 Å². The number of nitrogens with zero attached hydrogens (tertiary/aromatic N) is 2. The molecule has 25 heavy (non-hydrogen) atoms. The van der Waals surface area contributed by atoms with Crippen LogP contribution in [0.15, 0.2) is 30.3 Å². The summed E-state index contributed by atoms with van der Waals surface area (Å²) >= 11 is 5.98. The summed E-state index contributed by atoms with van der Waals surface area (Å²) in [5.41, 5.74) is 0.353. The molecular formula is C18H21ClFN3O2. The van der Waals surface area contributed by atoms with E-state index in [1.165, 1.54) is 7.11 Å². The summed E-state index contributed by atoms with van der Waals surface area (Å²) in [6.45, 7) is 5.81. The first-order valence-electron chi connectivity index (χ1n) is 7.84. The minimum absolute atomic E-state index is 0.0392. The van der Waals surface area contributed by atoms with Gasteiger partial charge in [0.2, 0.25) is 5.28 Å². The normalized spacial score (nSPS) is 12.6. The van der Waals surface area contributed by atoms with Gasteiger partial charge in [-0.1, -0.05) is 51.1 Å². The molecule has 0 saturated heterocycles. The Morgan fingerprint density at radius 3 is 2.48 bits per heavy atom. The second kappa shape index (κ2) is 7.78. The number of aromatic nitrogens is 2. The molecule has 0 aliphatic rings. The van der Waals surface area contributed by atoms with Crippen molar-refractivity contribution >= 4 is 23.4 Å². The van der Waals surface area contributed by atoms with Crippen LogP contribution in [0.2, 0.25) is 5.28 Å². The van der Waals surface area contributed by atoms with Crippen molar-refractivity contribution in [3.05, 3.63) is 41.4 Å². The van der Waals surface area contributed by atoms with Crippen molar-refractivity contribution in [2.24, 2.45) is 5.41 Å². The number of benzene rings is 1. The third-order valence-electron chi connectivity index (χ3n) is 3.83. The minimum Gasteiger partial charge on any atom is -0.469 e. The zero-order chi connectivity index (χ0) is 18.6. The van der Waals surface area contributed by atoms with Gasteiger partial charge >= 0.3 is 5.97 Å². The van der Waals surface area contributed by atoms with Gasteiger partial charge in [-0.15, -0.1) is 0 Å². The van der Waals surface area contributed by atoms with Gasteiger partial charge in [-0.3, -0.25) is 4.79 Å². The van der Waals surface area contributed by atoms with Crippen LogP contribution in [0.25, 0.3) is 11.3 Å². The highest BCUT2D eigenvalue weighted by Crippen LogP contribution is 2.30. The lowest BCUT2D eigenvalue weighted by Crippen LogP contribution is -2.37. The van der Waals surface area contributed by atoms with Gasteiger partial charge in [0.1, 0.15) is 5.69 Å². The van der Waals surface area contributed by atoms with E-state index in [9.17, 15) is 9.18 Å². The molecule has 0 amide bonds. The summed E-state index contributed by atoms with van der Waals surface area (Å²) in [7, 11) is 1.32. The fourth-order valence-corrected chi connectivity index (χ4v) is 2.46. The highest BCUT2D eigenvalue weighted by atomic mass is 35.5. The Morgan fingerprint density at radius 2 is 1.92 bits per heavy atom. The highest BCUT2D eigenvalue weighted by molar-refractivity contribution is 6.28. The molecule has 1 heterocycles. The molecule has 134 valence electrons. The summed E-state index contributed by atoms with van der Waals surface area (Å²) in [5.74, 6) is -1.05. The van der Waals surface area contributed by atoms with Crippen LogP contribution in [-0.2, 0) is 9.53 Å². The standard InChI is InChI=1S/C18H21ClFN3O2/c1-18(2,3)12(10-13(24)25-4)21-16-14(20)15(22-17(19)23-16)11-8-6-5-7-9-11/h5-9,12H,10H2,1-4H3,(H,21,22,23)/t12-/m1/s1. The lowest BCUT2D eigenvalue weighted by molar-refractivity contribution is -0.141. The molecule has 2 rings (SSSR count). The number of methoxy groups -OCH3 is 1. The molecular weight excluding hydrogens is 345 g/mol. The van der Waals surface area contributed by atoms with Crippen LogP contribution in [-0.4, -0.2) is 29.1 Å². The summed E-state index contributed by atoms with van der Waals surface area (Å²) in [6, 6.07) is 8.47. The van der Waals surface area contributed by atoms with Gasteiger partial charge in [-0.2, -0.15) is 4.98 Å². The van der Waals surface area contributed by atoms with E-state index in [1.807, 2.05) is 26.8 Å². The molecule has 1 aromatic heterocycles. The Bertz CT molecular complexity index is 748. The second-order valence-corrected chi connectivity index (χ2v) is 7.05. The van der Waals surface area contributed by atoms with E-state index in [2.05, 4.69) is 15.3 Å². The van der Waals surface area contributed by atoms with Crippen molar-refractivity contribution in [1.29, 1.82) is 0 Å². The van der Waals surface area contributed by atoms with Crippen LogP contribution < -0.4 is 5.32 Å². The molecule has 7 heteroatoms. The van der Waals surface area contributed by atoms with E-state index >= 15 is 0 Å². The average Bonchev–Trinajstić information content (AvgIpc) is 2.56. The maximum atomic E-state index is 14.9. The van der Waals surface area contributed by atoms with Gasteiger partial charge in [-0.25, -0.2) is 9.37 Å². The number of ether oxygens (including phenoxy) is 1. The van der Waals surface area contributed by atoms with Crippen molar-refractivity contribution < 1.29 is 13.9 Å². The second-order valence-electron chi connectivity index (χ2n) is 6.71. The molecule has 0 saturated carbocycles. The third kappa shape index (κ3) is 4.89. The molecule has 0 aliphatic heterocycles. The highest BCUT2D eigenvalue weighted by Gasteiger charge is 2.29. The van der Waals surface area contributed by atoms with Gasteiger partial charge in [0, 0.05) is 11.6 Å². The predicted molar refractivity (Wildman–Crippen MR) is 95.9 cm³/mol. The van der Waals surface area contributed by atoms with Crippen LogP contribution in [0, 0.1) is 11.2 Å². The molecule has 0 spiro atoms. The van der Waals surface area contributed by atoms with Crippen molar-refractivity contribution in [3.63, 3.8) is 0 Å². The van der Waals surface area contributed by atoms with Crippen LogP contribution in [0.1, 0.15) is 27.2 Å². The molecule has 1 N–H and O–H groups in total. The molecule has 1 aromatic carbocycles. The van der Waals surface area contributed by atoms with Crippen LogP contribution >= 0.6 is 11.6 Å². The number of rotatable bonds is 5. The molecule has 5 nitrogen and oxygen atoms in total. The van der Waals surface area contributed by atoms with Crippen LogP contribution in [0.5, 0.6) is 0 Å². The summed E-state index contributed by atoms with van der Waals surface area (Å²) in [4.78, 5) is 19.6. The first-order valence-corrected chi connectivity index (χ1v) is 8.22. The Balaban J connectivity index is 2.41. The van der Waals surface area contributed by atoms with Gasteiger partial charge in [0.25, 0.3) is 0 Å². The molecule has 0 unspecified atom stereocenters. The largest absolute Gasteiger partial charge is 0.469 e. The first-order chi connectivity index (χ1) is 11.7. The molecule has 0 radical (unpaired) electrons. The number of anilines is 1. The average molecular weight is 366 g/mol. The fraction of sp³-hybridized carbons (Fsp3) is 0.389. The zero-order valence-corrected chi connectivity index (χ0v) is 15.4. The van der Waals surface area contributed by atoms with Crippen LogP contribution in [0.3, 0.4) is 0 Å². The smallest absolute Gasteiger partial charge is 0.307 e. The van der Waals surface area contributed by atoms with E-state index < -0.39 is 17.8 Å². The van der Waals surface area contributed by atoms with E-state index in [0.717, 1.165) is 0 Å². The Labute approximate surface area is 151 Å². The molecule has 2 aromatic rings. The molecule has 1 atom stereocenters. The molecule has 0 fully saturated rings. The quantitative estimate of drug-likeness (QED) is 0.631. The van der Waals surface area contributed by atoms with E-state index in [0.29, 0.717) is 5.56 Å². The summed E-state index contributed by atoms with van der Waals surface area (Å²) in [5, 5.41) is 2.92. The number of esters is 1. The summed E-state index contributed by atoms with van der Waals surface area (Å²) in [6.07, 6.45) is 0.0712. The van der Waals surface area contributed by atoms with Crippen molar-refractivity contribution in [2.45, 2.75) is 33.2 Å². The van der Waals surface area contributed by atoms with Gasteiger partial charge in [0.15, 0.2) is 11.6 Å². The number of halogens is 2. The van der Waals surface area contributed by atoms with Gasteiger partial charge in [-0.05, 0) is 17.0 Å². The van der Waals surface area contributed by atoms with Gasteiger partial charge < -0.3 is 10.1 Å². The first kappa shape index (κ1) is 19.1. The Morgan fingerprint density at radius 1 is 1.28 bits per heavy atom. The Hall–Kier alpha value is -2.21. The number of nitrogens with one attached hydrogen (secondary N) is 1. The van der Waals surface area contributed by atoms with Crippen molar-refractivity contribution in [3.8, 4) is 11.3 Å². The number of carbonyl (C=O) groups is 1. The van der Waals surface area contributed by atoms with Crippen molar-refractivity contribution in [1.82, 2.24) is 9.97 Å².